The average molecular weight is 286 g/mol. The zero-order valence-corrected chi connectivity index (χ0v) is 11.5. The van der Waals surface area contributed by atoms with Crippen LogP contribution in [0.15, 0.2) is 6.33 Å². The van der Waals surface area contributed by atoms with E-state index >= 15 is 0 Å². The zero-order valence-electron chi connectivity index (χ0n) is 10.7. The SMILES string of the molecule is O=S(=O)(N1CCCNCC1)N1CCn2cnnc2C1. The maximum Gasteiger partial charge on any atom is 0.282 e. The van der Waals surface area contributed by atoms with E-state index in [1.54, 1.807) is 10.6 Å². The molecule has 9 heteroatoms. The van der Waals surface area contributed by atoms with Crippen molar-refractivity contribution in [2.45, 2.75) is 19.5 Å². The van der Waals surface area contributed by atoms with Crippen molar-refractivity contribution in [3.8, 4) is 0 Å². The molecule has 0 aromatic carbocycles. The van der Waals surface area contributed by atoms with Crippen molar-refractivity contribution in [2.75, 3.05) is 32.7 Å². The largest absolute Gasteiger partial charge is 0.315 e. The van der Waals surface area contributed by atoms with Crippen molar-refractivity contribution < 1.29 is 8.42 Å². The fourth-order valence-electron chi connectivity index (χ4n) is 2.46. The summed E-state index contributed by atoms with van der Waals surface area (Å²) in [6, 6.07) is 0. The van der Waals surface area contributed by atoms with Gasteiger partial charge < -0.3 is 9.88 Å². The van der Waals surface area contributed by atoms with Gasteiger partial charge in [0.2, 0.25) is 0 Å². The highest BCUT2D eigenvalue weighted by Gasteiger charge is 2.33. The Labute approximate surface area is 112 Å². The molecule has 106 valence electrons. The van der Waals surface area contributed by atoms with Crippen molar-refractivity contribution in [1.29, 1.82) is 0 Å². The number of nitrogens with zero attached hydrogens (tertiary/aromatic N) is 5. The molecule has 0 aliphatic carbocycles. The first-order chi connectivity index (χ1) is 9.18. The summed E-state index contributed by atoms with van der Waals surface area (Å²) in [6.07, 6.45) is 2.50. The van der Waals surface area contributed by atoms with E-state index in [1.165, 1.54) is 4.31 Å². The Morgan fingerprint density at radius 1 is 1.11 bits per heavy atom. The quantitative estimate of drug-likeness (QED) is 0.725. The van der Waals surface area contributed by atoms with Gasteiger partial charge in [-0.1, -0.05) is 0 Å². The normalized spacial score (nSPS) is 22.9. The first kappa shape index (κ1) is 13.0. The van der Waals surface area contributed by atoms with Crippen LogP contribution >= 0.6 is 0 Å². The van der Waals surface area contributed by atoms with E-state index < -0.39 is 10.2 Å². The topological polar surface area (TPSA) is 83.4 Å². The Balaban J connectivity index is 1.77. The van der Waals surface area contributed by atoms with E-state index in [0.717, 1.165) is 13.0 Å². The molecule has 3 rings (SSSR count). The molecule has 0 atom stereocenters. The summed E-state index contributed by atoms with van der Waals surface area (Å²) >= 11 is 0. The number of nitrogens with one attached hydrogen (secondary N) is 1. The van der Waals surface area contributed by atoms with Gasteiger partial charge in [0.1, 0.15) is 12.2 Å². The lowest BCUT2D eigenvalue weighted by atomic mass is 10.4. The van der Waals surface area contributed by atoms with Crippen LogP contribution in [0.5, 0.6) is 0 Å². The molecule has 2 aliphatic heterocycles. The fourth-order valence-corrected chi connectivity index (χ4v) is 4.06. The molecule has 0 spiro atoms. The maximum absolute atomic E-state index is 12.6. The number of rotatable bonds is 2. The molecule has 1 fully saturated rings. The monoisotopic (exact) mass is 286 g/mol. The van der Waals surface area contributed by atoms with Crippen molar-refractivity contribution in [3.63, 3.8) is 0 Å². The highest BCUT2D eigenvalue weighted by molar-refractivity contribution is 7.86. The second-order valence-electron chi connectivity index (χ2n) is 4.78. The van der Waals surface area contributed by atoms with Gasteiger partial charge in [-0.15, -0.1) is 10.2 Å². The summed E-state index contributed by atoms with van der Waals surface area (Å²) < 4.78 is 30.2. The average Bonchev–Trinajstić information content (AvgIpc) is 2.69. The smallest absolute Gasteiger partial charge is 0.282 e. The summed E-state index contributed by atoms with van der Waals surface area (Å²) in [6.45, 7) is 4.12. The Morgan fingerprint density at radius 3 is 2.89 bits per heavy atom. The molecule has 0 saturated carbocycles. The number of aromatic nitrogens is 3. The zero-order chi connectivity index (χ0) is 13.3. The van der Waals surface area contributed by atoms with E-state index in [1.807, 2.05) is 4.57 Å². The first-order valence-corrected chi connectivity index (χ1v) is 7.90. The molecule has 0 bridgehead atoms. The summed E-state index contributed by atoms with van der Waals surface area (Å²) in [5.74, 6) is 0.711. The number of hydrogen-bond acceptors (Lipinski definition) is 5. The minimum Gasteiger partial charge on any atom is -0.315 e. The van der Waals surface area contributed by atoms with E-state index in [0.29, 0.717) is 45.1 Å². The third kappa shape index (κ3) is 2.50. The van der Waals surface area contributed by atoms with Crippen molar-refractivity contribution >= 4 is 10.2 Å². The third-order valence-electron chi connectivity index (χ3n) is 3.56. The Bertz CT molecular complexity index is 534. The van der Waals surface area contributed by atoms with Gasteiger partial charge in [-0.2, -0.15) is 17.0 Å². The summed E-state index contributed by atoms with van der Waals surface area (Å²) in [5.41, 5.74) is 0. The molecule has 1 aromatic rings. The molecule has 0 amide bonds. The maximum atomic E-state index is 12.6. The van der Waals surface area contributed by atoms with Gasteiger partial charge in [0.05, 0.1) is 6.54 Å². The molecule has 0 radical (unpaired) electrons. The Hall–Kier alpha value is -1.03. The summed E-state index contributed by atoms with van der Waals surface area (Å²) in [7, 11) is -3.38. The number of fused-ring (bicyclic) bond motifs is 1. The van der Waals surface area contributed by atoms with E-state index in [2.05, 4.69) is 15.5 Å². The molecule has 1 saturated heterocycles. The number of hydrogen-bond donors (Lipinski definition) is 1. The molecule has 8 nitrogen and oxygen atoms in total. The molecular formula is C10H18N6O2S. The predicted molar refractivity (Wildman–Crippen MR) is 68.4 cm³/mol. The van der Waals surface area contributed by atoms with Crippen molar-refractivity contribution in [1.82, 2.24) is 28.7 Å². The standard InChI is InChI=1S/C10H18N6O2S/c17-19(18,15-4-1-2-11-3-5-15)16-7-6-14-9-12-13-10(14)8-16/h9,11H,1-8H2. The molecule has 1 aromatic heterocycles. The van der Waals surface area contributed by atoms with Gasteiger partial charge in [0, 0.05) is 32.7 Å². The molecule has 1 N–H and O–H groups in total. The second kappa shape index (κ2) is 5.16. The van der Waals surface area contributed by atoms with E-state index in [-0.39, 0.29) is 0 Å². The van der Waals surface area contributed by atoms with Crippen LogP contribution in [0.1, 0.15) is 12.2 Å². The van der Waals surface area contributed by atoms with E-state index in [4.69, 9.17) is 0 Å². The summed E-state index contributed by atoms with van der Waals surface area (Å²) in [5, 5.41) is 11.0. The Morgan fingerprint density at radius 2 is 2.00 bits per heavy atom. The molecule has 3 heterocycles. The highest BCUT2D eigenvalue weighted by Crippen LogP contribution is 2.17. The van der Waals surface area contributed by atoms with Crippen LogP contribution in [-0.2, 0) is 23.3 Å². The van der Waals surface area contributed by atoms with Crippen LogP contribution in [0.25, 0.3) is 0 Å². The van der Waals surface area contributed by atoms with Gasteiger partial charge >= 0.3 is 0 Å². The lowest BCUT2D eigenvalue weighted by Crippen LogP contribution is -2.47. The van der Waals surface area contributed by atoms with Crippen LogP contribution in [0.4, 0.5) is 0 Å². The molecular weight excluding hydrogens is 268 g/mol. The van der Waals surface area contributed by atoms with Crippen molar-refractivity contribution in [3.05, 3.63) is 12.2 Å². The van der Waals surface area contributed by atoms with Gasteiger partial charge in [-0.25, -0.2) is 0 Å². The molecule has 2 aliphatic rings. The Kier molecular flexibility index (Phi) is 3.52. The van der Waals surface area contributed by atoms with Crippen LogP contribution in [0, 0.1) is 0 Å². The second-order valence-corrected chi connectivity index (χ2v) is 6.71. The minimum atomic E-state index is -3.38. The van der Waals surface area contributed by atoms with Gasteiger partial charge in [-0.3, -0.25) is 0 Å². The minimum absolute atomic E-state index is 0.312. The lowest BCUT2D eigenvalue weighted by Gasteiger charge is -2.31. The van der Waals surface area contributed by atoms with Crippen molar-refractivity contribution in [2.24, 2.45) is 0 Å². The van der Waals surface area contributed by atoms with Crippen LogP contribution < -0.4 is 5.32 Å². The molecule has 0 unspecified atom stereocenters. The highest BCUT2D eigenvalue weighted by atomic mass is 32.2. The van der Waals surface area contributed by atoms with E-state index in [9.17, 15) is 8.42 Å². The predicted octanol–water partition coefficient (Wildman–Crippen LogP) is -1.37. The van der Waals surface area contributed by atoms with Crippen LogP contribution in [0.3, 0.4) is 0 Å². The van der Waals surface area contributed by atoms with Gasteiger partial charge in [0.15, 0.2) is 0 Å². The lowest BCUT2D eigenvalue weighted by molar-refractivity contribution is 0.298. The van der Waals surface area contributed by atoms with Gasteiger partial charge in [0.25, 0.3) is 10.2 Å². The van der Waals surface area contributed by atoms with Gasteiger partial charge in [-0.05, 0) is 13.0 Å². The summed E-state index contributed by atoms with van der Waals surface area (Å²) in [4.78, 5) is 0. The molecule has 19 heavy (non-hydrogen) atoms. The first-order valence-electron chi connectivity index (χ1n) is 6.50. The fraction of sp³-hybridized carbons (Fsp3) is 0.800. The third-order valence-corrected chi connectivity index (χ3v) is 5.54. The van der Waals surface area contributed by atoms with Crippen LogP contribution in [0.2, 0.25) is 0 Å². The van der Waals surface area contributed by atoms with Crippen LogP contribution in [-0.4, -0.2) is 64.5 Å².